The van der Waals surface area contributed by atoms with Crippen LogP contribution in [0.4, 0.5) is 0 Å². The maximum Gasteiger partial charge on any atom is 0.330 e. The van der Waals surface area contributed by atoms with Crippen LogP contribution in [0.15, 0.2) is 40.2 Å². The Kier molecular flexibility index (Phi) is 5.73. The van der Waals surface area contributed by atoms with Crippen molar-refractivity contribution in [2.24, 2.45) is 13.0 Å². The number of amides is 1. The van der Waals surface area contributed by atoms with Gasteiger partial charge in [-0.3, -0.25) is 19.1 Å². The number of aromatic hydroxyl groups is 1. The lowest BCUT2D eigenvalue weighted by molar-refractivity contribution is -0.133. The Labute approximate surface area is 149 Å². The Hall–Kier alpha value is -2.79. The number of hydroxylamine groups is 1. The van der Waals surface area contributed by atoms with Crippen LogP contribution in [0, 0.1) is 5.92 Å². The highest BCUT2D eigenvalue weighted by molar-refractivity contribution is 7.91. The summed E-state index contributed by atoms with van der Waals surface area (Å²) < 4.78 is 32.0. The zero-order valence-electron chi connectivity index (χ0n) is 14.1. The predicted octanol–water partition coefficient (Wildman–Crippen LogP) is -0.503. The molecule has 0 aliphatic carbocycles. The Morgan fingerprint density at radius 3 is 2.38 bits per heavy atom. The van der Waals surface area contributed by atoms with Gasteiger partial charge >= 0.3 is 5.69 Å². The summed E-state index contributed by atoms with van der Waals surface area (Å²) in [6.45, 7) is -0.423. The average molecular weight is 385 g/mol. The van der Waals surface area contributed by atoms with Crippen molar-refractivity contribution in [2.45, 2.75) is 11.4 Å². The van der Waals surface area contributed by atoms with Gasteiger partial charge in [-0.25, -0.2) is 18.7 Å². The van der Waals surface area contributed by atoms with Gasteiger partial charge in [0, 0.05) is 13.6 Å². The molecule has 2 rings (SSSR count). The van der Waals surface area contributed by atoms with E-state index in [1.54, 1.807) is 0 Å². The number of hydrogen-bond donors (Lipinski definition) is 3. The number of sulfone groups is 1. The number of aryl methyl sites for hydroxylation is 1. The molecule has 0 fully saturated rings. The number of carbonyl (C=O) groups excluding carboxylic acids is 1. The maximum atomic E-state index is 12.6. The van der Waals surface area contributed by atoms with Crippen molar-refractivity contribution in [1.29, 1.82) is 0 Å². The van der Waals surface area contributed by atoms with Gasteiger partial charge < -0.3 is 9.84 Å². The van der Waals surface area contributed by atoms with E-state index >= 15 is 0 Å². The van der Waals surface area contributed by atoms with Crippen LogP contribution in [0.25, 0.3) is 0 Å². The summed E-state index contributed by atoms with van der Waals surface area (Å²) in [7, 11) is -1.07. The highest BCUT2D eigenvalue weighted by Gasteiger charge is 2.29. The first-order valence-electron chi connectivity index (χ1n) is 7.45. The first-order chi connectivity index (χ1) is 12.2. The summed E-state index contributed by atoms with van der Waals surface area (Å²) in [6.07, 6.45) is 1.13. The van der Waals surface area contributed by atoms with Crippen molar-refractivity contribution in [3.63, 3.8) is 0 Å². The van der Waals surface area contributed by atoms with E-state index in [-0.39, 0.29) is 4.90 Å². The highest BCUT2D eigenvalue weighted by atomic mass is 32.2. The Morgan fingerprint density at radius 2 is 1.92 bits per heavy atom. The third kappa shape index (κ3) is 4.06. The molecule has 1 aromatic carbocycles. The molecule has 0 spiro atoms. The van der Waals surface area contributed by atoms with Crippen LogP contribution in [0.2, 0.25) is 0 Å². The molecule has 0 aliphatic rings. The van der Waals surface area contributed by atoms with Gasteiger partial charge in [-0.15, -0.1) is 0 Å². The molecule has 3 N–H and O–H groups in total. The lowest BCUT2D eigenvalue weighted by Gasteiger charge is -2.16. The smallest absolute Gasteiger partial charge is 0.330 e. The number of aromatic nitrogens is 2. The average Bonchev–Trinajstić information content (AvgIpc) is 2.86. The normalized spacial score (nSPS) is 12.6. The zero-order chi connectivity index (χ0) is 19.5. The molecule has 1 amide bonds. The minimum atomic E-state index is -3.91. The quantitative estimate of drug-likeness (QED) is 0.431. The molecule has 2 aromatic rings. The second kappa shape index (κ2) is 7.62. The SMILES string of the molecule is COc1ccc(S(=O)(=O)CC(Cn2c(O)cn(C)c2=O)C(=O)NO)cc1. The van der Waals surface area contributed by atoms with Crippen molar-refractivity contribution in [2.75, 3.05) is 12.9 Å². The molecular formula is C15H19N3O7S. The van der Waals surface area contributed by atoms with Gasteiger partial charge in [0.25, 0.3) is 0 Å². The fourth-order valence-electron chi connectivity index (χ4n) is 2.43. The van der Waals surface area contributed by atoms with Crippen LogP contribution < -0.4 is 15.9 Å². The molecule has 11 heteroatoms. The van der Waals surface area contributed by atoms with E-state index in [9.17, 15) is 23.1 Å². The van der Waals surface area contributed by atoms with E-state index in [4.69, 9.17) is 9.94 Å². The van der Waals surface area contributed by atoms with E-state index in [0.717, 1.165) is 15.3 Å². The van der Waals surface area contributed by atoms with Gasteiger partial charge in [0.2, 0.25) is 11.8 Å². The van der Waals surface area contributed by atoms with Crippen LogP contribution >= 0.6 is 0 Å². The van der Waals surface area contributed by atoms with Crippen molar-refractivity contribution < 1.29 is 28.3 Å². The van der Waals surface area contributed by atoms with Crippen molar-refractivity contribution in [3.05, 3.63) is 40.9 Å². The number of benzene rings is 1. The molecule has 1 aromatic heterocycles. The number of nitrogens with zero attached hydrogens (tertiary/aromatic N) is 2. The summed E-state index contributed by atoms with van der Waals surface area (Å²) in [4.78, 5) is 23.8. The van der Waals surface area contributed by atoms with Crippen molar-refractivity contribution in [3.8, 4) is 11.6 Å². The van der Waals surface area contributed by atoms with E-state index < -0.39 is 45.5 Å². The predicted molar refractivity (Wildman–Crippen MR) is 89.8 cm³/mol. The minimum Gasteiger partial charge on any atom is -0.497 e. The number of hydrogen-bond acceptors (Lipinski definition) is 7. The molecule has 1 unspecified atom stereocenters. The second-order valence-corrected chi connectivity index (χ2v) is 7.66. The Morgan fingerprint density at radius 1 is 1.31 bits per heavy atom. The number of rotatable bonds is 7. The molecule has 0 radical (unpaired) electrons. The molecule has 26 heavy (non-hydrogen) atoms. The molecule has 0 bridgehead atoms. The number of carbonyl (C=O) groups is 1. The van der Waals surface area contributed by atoms with Crippen LogP contribution in [-0.4, -0.2) is 46.6 Å². The third-order valence-electron chi connectivity index (χ3n) is 3.84. The first kappa shape index (κ1) is 19.5. The van der Waals surface area contributed by atoms with Gasteiger partial charge in [-0.05, 0) is 24.3 Å². The van der Waals surface area contributed by atoms with Crippen LogP contribution in [-0.2, 0) is 28.2 Å². The van der Waals surface area contributed by atoms with Crippen molar-refractivity contribution in [1.82, 2.24) is 14.6 Å². The number of nitrogens with one attached hydrogen (secondary N) is 1. The summed E-state index contributed by atoms with van der Waals surface area (Å²) >= 11 is 0. The minimum absolute atomic E-state index is 0.0429. The summed E-state index contributed by atoms with van der Waals surface area (Å²) in [5.41, 5.74) is 0.771. The van der Waals surface area contributed by atoms with Crippen LogP contribution in [0.3, 0.4) is 0 Å². The number of methoxy groups -OCH3 is 1. The van der Waals surface area contributed by atoms with Crippen LogP contribution in [0.5, 0.6) is 11.6 Å². The Balaban J connectivity index is 2.32. The standard InChI is InChI=1S/C15H19N3O7S/c1-17-8-13(19)18(15(17)21)7-10(14(20)16-22)9-26(23,24)12-5-3-11(25-2)4-6-12/h3-6,8,10,19,22H,7,9H2,1-2H3,(H,16,20). The largest absolute Gasteiger partial charge is 0.497 e. The maximum absolute atomic E-state index is 12.6. The molecule has 0 saturated heterocycles. The molecule has 0 saturated carbocycles. The number of imidazole rings is 1. The van der Waals surface area contributed by atoms with Crippen LogP contribution in [0.1, 0.15) is 0 Å². The second-order valence-electron chi connectivity index (χ2n) is 5.62. The van der Waals surface area contributed by atoms with Gasteiger partial charge in [-0.1, -0.05) is 0 Å². The number of ether oxygens (including phenoxy) is 1. The van der Waals surface area contributed by atoms with E-state index in [1.165, 1.54) is 43.9 Å². The summed E-state index contributed by atoms with van der Waals surface area (Å²) in [6, 6.07) is 5.57. The van der Waals surface area contributed by atoms with Crippen molar-refractivity contribution >= 4 is 15.7 Å². The highest BCUT2D eigenvalue weighted by Crippen LogP contribution is 2.20. The molecule has 10 nitrogen and oxygen atoms in total. The molecule has 142 valence electrons. The van der Waals surface area contributed by atoms with Gasteiger partial charge in [0.05, 0.1) is 29.9 Å². The molecular weight excluding hydrogens is 366 g/mol. The van der Waals surface area contributed by atoms with E-state index in [2.05, 4.69) is 0 Å². The first-order valence-corrected chi connectivity index (χ1v) is 9.10. The van der Waals surface area contributed by atoms with E-state index in [1.807, 2.05) is 0 Å². The molecule has 0 aliphatic heterocycles. The Bertz CT molecular complexity index is 945. The van der Waals surface area contributed by atoms with E-state index in [0.29, 0.717) is 5.75 Å². The molecule has 1 heterocycles. The topological polar surface area (TPSA) is 140 Å². The van der Waals surface area contributed by atoms with Gasteiger partial charge in [-0.2, -0.15) is 0 Å². The van der Waals surface area contributed by atoms with Gasteiger partial charge in [0.1, 0.15) is 5.75 Å². The fourth-order valence-corrected chi connectivity index (χ4v) is 3.95. The molecule has 1 atom stereocenters. The summed E-state index contributed by atoms with van der Waals surface area (Å²) in [5.74, 6) is -2.92. The van der Waals surface area contributed by atoms with Gasteiger partial charge in [0.15, 0.2) is 9.84 Å². The lowest BCUT2D eigenvalue weighted by Crippen LogP contribution is -2.38. The fraction of sp³-hybridized carbons (Fsp3) is 0.333. The zero-order valence-corrected chi connectivity index (χ0v) is 14.9. The summed E-state index contributed by atoms with van der Waals surface area (Å²) in [5, 5.41) is 18.7. The monoisotopic (exact) mass is 385 g/mol. The lowest BCUT2D eigenvalue weighted by atomic mass is 10.1. The third-order valence-corrected chi connectivity index (χ3v) is 5.67.